The Balaban J connectivity index is 1.94. The zero-order valence-electron chi connectivity index (χ0n) is 12.2. The predicted molar refractivity (Wildman–Crippen MR) is 78.9 cm³/mol. The highest BCUT2D eigenvalue weighted by Gasteiger charge is 2.21. The summed E-state index contributed by atoms with van der Waals surface area (Å²) in [6.07, 6.45) is 3.90. The van der Waals surface area contributed by atoms with Crippen LogP contribution in [0.25, 0.3) is 0 Å². The van der Waals surface area contributed by atoms with Gasteiger partial charge in [-0.1, -0.05) is 0 Å². The second kappa shape index (κ2) is 5.11. The first kappa shape index (κ1) is 12.9. The van der Waals surface area contributed by atoms with Gasteiger partial charge in [-0.05, 0) is 20.8 Å². The average Bonchev–Trinajstić information content (AvgIpc) is 2.90. The summed E-state index contributed by atoms with van der Waals surface area (Å²) in [5, 5.41) is 3.31. The highest BCUT2D eigenvalue weighted by molar-refractivity contribution is 5.58. The van der Waals surface area contributed by atoms with Crippen LogP contribution in [0.3, 0.4) is 0 Å². The molecule has 0 atom stereocenters. The number of aryl methyl sites for hydroxylation is 1. The van der Waals surface area contributed by atoms with Crippen molar-refractivity contribution in [3.05, 3.63) is 29.6 Å². The number of imidazole rings is 1. The topological polar surface area (TPSA) is 58.9 Å². The maximum Gasteiger partial charge on any atom is 0.137 e. The molecule has 0 saturated heterocycles. The van der Waals surface area contributed by atoms with E-state index in [1.807, 2.05) is 19.3 Å². The molecule has 0 bridgehead atoms. The molecule has 0 unspecified atom stereocenters. The molecule has 0 aromatic carbocycles. The number of nitrogens with zero attached hydrogens (tertiary/aromatic N) is 5. The van der Waals surface area contributed by atoms with E-state index in [0.29, 0.717) is 0 Å². The van der Waals surface area contributed by atoms with Crippen LogP contribution in [-0.4, -0.2) is 32.6 Å². The summed E-state index contributed by atoms with van der Waals surface area (Å²) < 4.78 is 2.20. The normalized spacial score (nSPS) is 14.2. The van der Waals surface area contributed by atoms with Crippen molar-refractivity contribution in [3.8, 4) is 0 Å². The van der Waals surface area contributed by atoms with Crippen molar-refractivity contribution in [1.82, 2.24) is 19.5 Å². The maximum absolute atomic E-state index is 4.63. The molecule has 1 aliphatic rings. The average molecular weight is 272 g/mol. The summed E-state index contributed by atoms with van der Waals surface area (Å²) in [6, 6.07) is 0. The summed E-state index contributed by atoms with van der Waals surface area (Å²) in [4.78, 5) is 15.8. The van der Waals surface area contributed by atoms with Gasteiger partial charge in [0.2, 0.25) is 0 Å². The second-order valence-corrected chi connectivity index (χ2v) is 5.06. The minimum absolute atomic E-state index is 0.801. The summed E-state index contributed by atoms with van der Waals surface area (Å²) >= 11 is 0. The summed E-state index contributed by atoms with van der Waals surface area (Å²) in [7, 11) is 0. The monoisotopic (exact) mass is 272 g/mol. The molecule has 1 N–H and O–H groups in total. The fourth-order valence-corrected chi connectivity index (χ4v) is 2.62. The Hall–Kier alpha value is -2.11. The minimum Gasteiger partial charge on any atom is -0.370 e. The zero-order valence-corrected chi connectivity index (χ0v) is 12.2. The van der Waals surface area contributed by atoms with Gasteiger partial charge in [0, 0.05) is 37.6 Å². The first-order chi connectivity index (χ1) is 9.69. The summed E-state index contributed by atoms with van der Waals surface area (Å²) in [6.45, 7) is 9.66. The first-order valence-electron chi connectivity index (χ1n) is 7.03. The molecular weight excluding hydrogens is 252 g/mol. The molecule has 6 heteroatoms. The van der Waals surface area contributed by atoms with Crippen molar-refractivity contribution in [3.63, 3.8) is 0 Å². The SMILES string of the molecule is CCNc1nc(C)nc(N2CCn3ccnc3C2)c1C. The first-order valence-corrected chi connectivity index (χ1v) is 7.03. The van der Waals surface area contributed by atoms with Gasteiger partial charge in [-0.3, -0.25) is 0 Å². The largest absolute Gasteiger partial charge is 0.370 e. The van der Waals surface area contributed by atoms with E-state index in [9.17, 15) is 0 Å². The van der Waals surface area contributed by atoms with Gasteiger partial charge in [-0.25, -0.2) is 15.0 Å². The molecule has 0 aliphatic carbocycles. The lowest BCUT2D eigenvalue weighted by Crippen LogP contribution is -2.35. The summed E-state index contributed by atoms with van der Waals surface area (Å²) in [5.41, 5.74) is 1.11. The molecule has 3 heterocycles. The van der Waals surface area contributed by atoms with Crippen LogP contribution in [0.5, 0.6) is 0 Å². The van der Waals surface area contributed by atoms with Crippen LogP contribution >= 0.6 is 0 Å². The van der Waals surface area contributed by atoms with E-state index >= 15 is 0 Å². The Kier molecular flexibility index (Phi) is 3.30. The fourth-order valence-electron chi connectivity index (χ4n) is 2.62. The number of hydrogen-bond acceptors (Lipinski definition) is 5. The fraction of sp³-hybridized carbons (Fsp3) is 0.500. The molecule has 6 nitrogen and oxygen atoms in total. The third-order valence-corrected chi connectivity index (χ3v) is 3.62. The van der Waals surface area contributed by atoms with E-state index < -0.39 is 0 Å². The van der Waals surface area contributed by atoms with E-state index in [1.165, 1.54) is 0 Å². The van der Waals surface area contributed by atoms with Gasteiger partial charge in [0.1, 0.15) is 23.3 Å². The lowest BCUT2D eigenvalue weighted by Gasteiger charge is -2.30. The quantitative estimate of drug-likeness (QED) is 0.922. The van der Waals surface area contributed by atoms with Crippen molar-refractivity contribution in [2.45, 2.75) is 33.9 Å². The third-order valence-electron chi connectivity index (χ3n) is 3.62. The van der Waals surface area contributed by atoms with Gasteiger partial charge in [0.25, 0.3) is 0 Å². The highest BCUT2D eigenvalue weighted by atomic mass is 15.3. The molecule has 0 radical (unpaired) electrons. The number of anilines is 2. The molecule has 2 aromatic heterocycles. The van der Waals surface area contributed by atoms with Crippen LogP contribution in [0, 0.1) is 13.8 Å². The van der Waals surface area contributed by atoms with E-state index in [4.69, 9.17) is 0 Å². The predicted octanol–water partition coefficient (Wildman–Crippen LogP) is 1.74. The zero-order chi connectivity index (χ0) is 14.1. The van der Waals surface area contributed by atoms with Crippen molar-refractivity contribution in [1.29, 1.82) is 0 Å². The van der Waals surface area contributed by atoms with Crippen LogP contribution in [-0.2, 0) is 13.1 Å². The molecule has 0 spiro atoms. The van der Waals surface area contributed by atoms with E-state index in [2.05, 4.69) is 43.6 Å². The third kappa shape index (κ3) is 2.21. The Morgan fingerprint density at radius 3 is 2.90 bits per heavy atom. The van der Waals surface area contributed by atoms with E-state index in [0.717, 1.165) is 55.0 Å². The van der Waals surface area contributed by atoms with Crippen LogP contribution in [0.15, 0.2) is 12.4 Å². The second-order valence-electron chi connectivity index (χ2n) is 5.06. The van der Waals surface area contributed by atoms with Crippen molar-refractivity contribution in [2.24, 2.45) is 0 Å². The van der Waals surface area contributed by atoms with E-state index in [-0.39, 0.29) is 0 Å². The lowest BCUT2D eigenvalue weighted by atomic mass is 10.2. The molecule has 0 saturated carbocycles. The van der Waals surface area contributed by atoms with Gasteiger partial charge < -0.3 is 14.8 Å². The van der Waals surface area contributed by atoms with Crippen LogP contribution in [0.1, 0.15) is 24.1 Å². The molecule has 106 valence electrons. The Morgan fingerprint density at radius 1 is 1.25 bits per heavy atom. The number of nitrogens with one attached hydrogen (secondary N) is 1. The molecule has 20 heavy (non-hydrogen) atoms. The van der Waals surface area contributed by atoms with E-state index in [1.54, 1.807) is 0 Å². The van der Waals surface area contributed by atoms with Crippen LogP contribution in [0.4, 0.5) is 11.6 Å². The smallest absolute Gasteiger partial charge is 0.137 e. The molecule has 2 aromatic rings. The van der Waals surface area contributed by atoms with Gasteiger partial charge in [0.05, 0.1) is 6.54 Å². The molecule has 3 rings (SSSR count). The van der Waals surface area contributed by atoms with Gasteiger partial charge >= 0.3 is 0 Å². The number of fused-ring (bicyclic) bond motifs is 1. The van der Waals surface area contributed by atoms with Gasteiger partial charge in [0.15, 0.2) is 0 Å². The maximum atomic E-state index is 4.63. The molecular formula is C14H20N6. The number of aromatic nitrogens is 4. The van der Waals surface area contributed by atoms with Crippen molar-refractivity contribution in [2.75, 3.05) is 23.3 Å². The lowest BCUT2D eigenvalue weighted by molar-refractivity contribution is 0.554. The number of hydrogen-bond donors (Lipinski definition) is 1. The Bertz CT molecular complexity index is 618. The van der Waals surface area contributed by atoms with Crippen LogP contribution in [0.2, 0.25) is 0 Å². The number of rotatable bonds is 3. The van der Waals surface area contributed by atoms with Crippen molar-refractivity contribution < 1.29 is 0 Å². The molecule has 1 aliphatic heterocycles. The minimum atomic E-state index is 0.801. The van der Waals surface area contributed by atoms with Gasteiger partial charge in [-0.2, -0.15) is 0 Å². The standard InChI is InChI=1S/C14H20N6/c1-4-15-13-10(2)14(18-11(3)17-13)20-8-7-19-6-5-16-12(19)9-20/h5-6H,4,7-9H2,1-3H3,(H,15,17,18). The molecule has 0 amide bonds. The Labute approximate surface area is 118 Å². The highest BCUT2D eigenvalue weighted by Crippen LogP contribution is 2.26. The summed E-state index contributed by atoms with van der Waals surface area (Å²) in [5.74, 6) is 3.85. The van der Waals surface area contributed by atoms with Crippen molar-refractivity contribution >= 4 is 11.6 Å². The van der Waals surface area contributed by atoms with Crippen LogP contribution < -0.4 is 10.2 Å². The van der Waals surface area contributed by atoms with Gasteiger partial charge in [-0.15, -0.1) is 0 Å². The molecule has 0 fully saturated rings. The Morgan fingerprint density at radius 2 is 2.10 bits per heavy atom.